The molecule has 1 aromatic heterocycles. The first-order chi connectivity index (χ1) is 17.4. The third-order valence-corrected chi connectivity index (χ3v) is 6.62. The number of ether oxygens (including phenoxy) is 2. The predicted molar refractivity (Wildman–Crippen MR) is 126 cm³/mol. The van der Waals surface area contributed by atoms with Crippen LogP contribution in [0.15, 0.2) is 66.9 Å². The average molecular weight is 498 g/mol. The number of piperidine rings is 1. The molecule has 1 atom stereocenters. The van der Waals surface area contributed by atoms with Crippen molar-refractivity contribution >= 4 is 5.91 Å². The second kappa shape index (κ2) is 10.2. The summed E-state index contributed by atoms with van der Waals surface area (Å²) in [6.45, 7) is 1.85. The lowest BCUT2D eigenvalue weighted by Crippen LogP contribution is -2.41. The topological polar surface area (TPSA) is 63.7 Å². The van der Waals surface area contributed by atoms with Crippen LogP contribution >= 0.6 is 0 Å². The quantitative estimate of drug-likeness (QED) is 0.522. The normalized spacial score (nSPS) is 17.1. The molecule has 6 nitrogen and oxygen atoms in total. The van der Waals surface area contributed by atoms with Crippen LogP contribution in [0.2, 0.25) is 0 Å². The molecule has 5 rings (SSSR count). The van der Waals surface area contributed by atoms with E-state index in [0.717, 1.165) is 11.6 Å². The molecule has 3 aromatic rings. The molecule has 2 aliphatic heterocycles. The molecule has 1 fully saturated rings. The Labute approximate surface area is 207 Å². The zero-order valence-corrected chi connectivity index (χ0v) is 19.5. The molecule has 0 aliphatic carbocycles. The zero-order valence-electron chi connectivity index (χ0n) is 19.5. The summed E-state index contributed by atoms with van der Waals surface area (Å²) in [4.78, 5) is 19.8. The highest BCUT2D eigenvalue weighted by Crippen LogP contribution is 2.36. The molecule has 3 heterocycles. The molecular formula is C27H26F3N3O3. The number of benzene rings is 2. The molecule has 0 radical (unpaired) electrons. The average Bonchev–Trinajstić information content (AvgIpc) is 3.36. The molecule has 2 aliphatic rings. The fourth-order valence-electron chi connectivity index (χ4n) is 4.69. The van der Waals surface area contributed by atoms with Gasteiger partial charge in [-0.15, -0.1) is 0 Å². The van der Waals surface area contributed by atoms with Crippen LogP contribution in [0, 0.1) is 5.92 Å². The number of nitrogens with zero attached hydrogens (tertiary/aromatic N) is 2. The molecule has 0 bridgehead atoms. The molecule has 1 unspecified atom stereocenters. The predicted octanol–water partition coefficient (Wildman–Crippen LogP) is 4.95. The molecule has 188 valence electrons. The lowest BCUT2D eigenvalue weighted by Gasteiger charge is -2.32. The Morgan fingerprint density at radius 1 is 1.03 bits per heavy atom. The Hall–Kier alpha value is -3.59. The van der Waals surface area contributed by atoms with E-state index < -0.39 is 17.8 Å². The second-order valence-corrected chi connectivity index (χ2v) is 9.06. The fourth-order valence-corrected chi connectivity index (χ4v) is 4.69. The largest absolute Gasteiger partial charge is 0.454 e. The van der Waals surface area contributed by atoms with Crippen molar-refractivity contribution in [2.45, 2.75) is 31.6 Å². The molecule has 2 aromatic carbocycles. The molecule has 0 spiro atoms. The van der Waals surface area contributed by atoms with Crippen LogP contribution in [-0.4, -0.2) is 35.7 Å². The molecule has 1 amide bonds. The summed E-state index contributed by atoms with van der Waals surface area (Å²) in [6.07, 6.45) is -1.42. The van der Waals surface area contributed by atoms with Gasteiger partial charge in [0.25, 0.3) is 0 Å². The number of likely N-dealkylation sites (tertiary alicyclic amines) is 1. The van der Waals surface area contributed by atoms with Gasteiger partial charge in [0.15, 0.2) is 11.5 Å². The first kappa shape index (κ1) is 24.1. The van der Waals surface area contributed by atoms with Crippen LogP contribution in [0.1, 0.15) is 41.3 Å². The minimum atomic E-state index is -4.36. The van der Waals surface area contributed by atoms with Crippen molar-refractivity contribution in [1.82, 2.24) is 15.2 Å². The van der Waals surface area contributed by atoms with Crippen LogP contribution in [0.4, 0.5) is 13.2 Å². The van der Waals surface area contributed by atoms with Crippen molar-refractivity contribution in [3.63, 3.8) is 0 Å². The van der Waals surface area contributed by atoms with E-state index >= 15 is 0 Å². The van der Waals surface area contributed by atoms with Gasteiger partial charge in [-0.25, -0.2) is 0 Å². The Bertz CT molecular complexity index is 1210. The maximum Gasteiger partial charge on any atom is 0.416 e. The molecular weight excluding hydrogens is 471 g/mol. The van der Waals surface area contributed by atoms with Crippen molar-refractivity contribution < 1.29 is 27.4 Å². The summed E-state index contributed by atoms with van der Waals surface area (Å²) in [6, 6.07) is 16.1. The van der Waals surface area contributed by atoms with Gasteiger partial charge in [0.2, 0.25) is 12.7 Å². The highest BCUT2D eigenvalue weighted by molar-refractivity contribution is 5.79. The van der Waals surface area contributed by atoms with E-state index in [1.165, 1.54) is 12.1 Å². The smallest absolute Gasteiger partial charge is 0.416 e. The van der Waals surface area contributed by atoms with Gasteiger partial charge in [-0.3, -0.25) is 14.7 Å². The Kier molecular flexibility index (Phi) is 6.82. The number of carbonyl (C=O) groups is 1. The van der Waals surface area contributed by atoms with Crippen LogP contribution < -0.4 is 14.8 Å². The van der Waals surface area contributed by atoms with E-state index in [0.29, 0.717) is 55.2 Å². The second-order valence-electron chi connectivity index (χ2n) is 9.06. The van der Waals surface area contributed by atoms with Crippen molar-refractivity contribution in [2.24, 2.45) is 5.92 Å². The van der Waals surface area contributed by atoms with E-state index in [4.69, 9.17) is 9.47 Å². The summed E-state index contributed by atoms with van der Waals surface area (Å²) < 4.78 is 50.0. The van der Waals surface area contributed by atoms with E-state index in [9.17, 15) is 18.0 Å². The lowest BCUT2D eigenvalue weighted by atomic mass is 9.94. The SMILES string of the molecule is O=C(NC(c1ccc2c(c1)OCO2)c1ccccn1)C1CCN(Cc2cccc(C(F)(F)F)c2)CC1. The zero-order chi connectivity index (χ0) is 25.1. The Balaban J connectivity index is 1.23. The van der Waals surface area contributed by atoms with E-state index in [2.05, 4.69) is 15.2 Å². The molecule has 9 heteroatoms. The first-order valence-electron chi connectivity index (χ1n) is 11.9. The minimum Gasteiger partial charge on any atom is -0.454 e. The van der Waals surface area contributed by atoms with Gasteiger partial charge in [-0.2, -0.15) is 13.2 Å². The summed E-state index contributed by atoms with van der Waals surface area (Å²) in [7, 11) is 0. The maximum atomic E-state index is 13.3. The van der Waals surface area contributed by atoms with Crippen LogP contribution in [-0.2, 0) is 17.5 Å². The van der Waals surface area contributed by atoms with Gasteiger partial charge in [0.05, 0.1) is 17.3 Å². The van der Waals surface area contributed by atoms with Gasteiger partial charge >= 0.3 is 6.18 Å². The summed E-state index contributed by atoms with van der Waals surface area (Å²) in [5.41, 5.74) is 1.53. The van der Waals surface area contributed by atoms with Gasteiger partial charge in [0.1, 0.15) is 0 Å². The number of hydrogen-bond acceptors (Lipinski definition) is 5. The number of halogens is 3. The van der Waals surface area contributed by atoms with Crippen molar-refractivity contribution in [3.8, 4) is 11.5 Å². The van der Waals surface area contributed by atoms with Crippen molar-refractivity contribution in [2.75, 3.05) is 19.9 Å². The van der Waals surface area contributed by atoms with Gasteiger partial charge in [-0.05, 0) is 67.4 Å². The highest BCUT2D eigenvalue weighted by Gasteiger charge is 2.31. The molecule has 0 saturated carbocycles. The number of rotatable bonds is 6. The number of nitrogens with one attached hydrogen (secondary N) is 1. The van der Waals surface area contributed by atoms with Gasteiger partial charge < -0.3 is 14.8 Å². The number of alkyl halides is 3. The number of amides is 1. The lowest BCUT2D eigenvalue weighted by molar-refractivity contribution is -0.137. The molecule has 1 saturated heterocycles. The number of pyridine rings is 1. The third-order valence-electron chi connectivity index (χ3n) is 6.62. The van der Waals surface area contributed by atoms with Gasteiger partial charge in [-0.1, -0.05) is 30.3 Å². The number of carbonyl (C=O) groups excluding carboxylic acids is 1. The Morgan fingerprint density at radius 3 is 2.58 bits per heavy atom. The summed E-state index contributed by atoms with van der Waals surface area (Å²) in [5.74, 6) is 1.04. The fraction of sp³-hybridized carbons (Fsp3) is 0.333. The standard InChI is InChI=1S/C27H26F3N3O3/c28-27(29,30)21-5-3-4-18(14-21)16-33-12-9-19(10-13-33)26(34)32-25(22-6-1-2-11-31-22)20-7-8-23-24(15-20)36-17-35-23/h1-8,11,14-15,19,25H,9-10,12-13,16-17H2,(H,32,34). The van der Waals surface area contributed by atoms with Crippen molar-refractivity contribution in [1.29, 1.82) is 0 Å². The summed E-state index contributed by atoms with van der Waals surface area (Å²) >= 11 is 0. The van der Waals surface area contributed by atoms with E-state index in [1.807, 2.05) is 36.4 Å². The Morgan fingerprint density at radius 2 is 1.83 bits per heavy atom. The van der Waals surface area contributed by atoms with Crippen LogP contribution in [0.3, 0.4) is 0 Å². The number of fused-ring (bicyclic) bond motifs is 1. The monoisotopic (exact) mass is 497 g/mol. The molecule has 36 heavy (non-hydrogen) atoms. The number of hydrogen-bond donors (Lipinski definition) is 1. The maximum absolute atomic E-state index is 13.3. The van der Waals surface area contributed by atoms with E-state index in [-0.39, 0.29) is 18.6 Å². The van der Waals surface area contributed by atoms with Crippen molar-refractivity contribution in [3.05, 3.63) is 89.2 Å². The number of aromatic nitrogens is 1. The first-order valence-corrected chi connectivity index (χ1v) is 11.9. The minimum absolute atomic E-state index is 0.0676. The van der Waals surface area contributed by atoms with Crippen LogP contribution in [0.25, 0.3) is 0 Å². The molecule has 1 N–H and O–H groups in total. The van der Waals surface area contributed by atoms with Gasteiger partial charge in [0, 0.05) is 18.7 Å². The van der Waals surface area contributed by atoms with Crippen LogP contribution in [0.5, 0.6) is 11.5 Å². The summed E-state index contributed by atoms with van der Waals surface area (Å²) in [5, 5.41) is 3.16. The highest BCUT2D eigenvalue weighted by atomic mass is 19.4. The van der Waals surface area contributed by atoms with E-state index in [1.54, 1.807) is 12.3 Å². The third kappa shape index (κ3) is 5.46.